The van der Waals surface area contributed by atoms with Gasteiger partial charge < -0.3 is 24.4 Å². The number of carbonyl (C=O) groups excluding carboxylic acids is 1. The number of phenolic OH excluding ortho intramolecular Hbond substituents is 1. The number of ether oxygens (including phenoxy) is 3. The number of carbonyl (C=O) groups is 1. The van der Waals surface area contributed by atoms with E-state index in [0.717, 1.165) is 0 Å². The summed E-state index contributed by atoms with van der Waals surface area (Å²) >= 11 is 1.26. The lowest BCUT2D eigenvalue weighted by atomic mass is 9.85. The molecule has 33 heavy (non-hydrogen) atoms. The van der Waals surface area contributed by atoms with Crippen molar-refractivity contribution >= 4 is 17.7 Å². The molecule has 2 aliphatic heterocycles. The van der Waals surface area contributed by atoms with Gasteiger partial charge in [-0.3, -0.25) is 9.69 Å². The predicted octanol–water partition coefficient (Wildman–Crippen LogP) is 3.45. The Labute approximate surface area is 196 Å². The van der Waals surface area contributed by atoms with Gasteiger partial charge >= 0.3 is 0 Å². The molecule has 1 amide bonds. The number of benzene rings is 2. The molecule has 4 rings (SSSR count). The van der Waals surface area contributed by atoms with Gasteiger partial charge in [0.15, 0.2) is 28.7 Å². The van der Waals surface area contributed by atoms with Crippen LogP contribution in [0.2, 0.25) is 0 Å². The molecule has 0 radical (unpaired) electrons. The fourth-order valence-electron chi connectivity index (χ4n) is 4.23. The minimum atomic E-state index is -1.63. The fraction of sp³-hybridized carbons (Fsp3) is 0.333. The smallest absolute Gasteiger partial charge is 0.231 e. The number of amides is 1. The van der Waals surface area contributed by atoms with Crippen LogP contribution in [0, 0.1) is 11.3 Å². The number of fused-ring (bicyclic) bond motifs is 1. The molecule has 1 fully saturated rings. The summed E-state index contributed by atoms with van der Waals surface area (Å²) < 4.78 is 16.1. The number of rotatable bonds is 6. The van der Waals surface area contributed by atoms with Crippen molar-refractivity contribution in [3.63, 3.8) is 0 Å². The zero-order valence-electron chi connectivity index (χ0n) is 18.5. The zero-order chi connectivity index (χ0) is 23.8. The van der Waals surface area contributed by atoms with E-state index in [2.05, 4.69) is 6.07 Å². The van der Waals surface area contributed by atoms with Crippen LogP contribution < -0.4 is 14.2 Å². The van der Waals surface area contributed by atoms with Crippen LogP contribution in [0.5, 0.6) is 23.0 Å². The Bertz CT molecular complexity index is 1170. The highest BCUT2D eigenvalue weighted by Gasteiger charge is 2.52. The Morgan fingerprint density at radius 1 is 1.18 bits per heavy atom. The van der Waals surface area contributed by atoms with Crippen LogP contribution in [0.15, 0.2) is 47.0 Å². The highest BCUT2D eigenvalue weighted by Crippen LogP contribution is 2.52. The lowest BCUT2D eigenvalue weighted by molar-refractivity contribution is -0.149. The number of allylic oxidation sites excluding steroid dienone is 1. The molecular formula is C24H24N2O6S. The first-order valence-electron chi connectivity index (χ1n) is 10.4. The van der Waals surface area contributed by atoms with E-state index in [1.54, 1.807) is 37.3 Å². The molecule has 0 spiro atoms. The maximum Gasteiger partial charge on any atom is 0.231 e. The number of hydrogen-bond donors (Lipinski definition) is 2. The topological polar surface area (TPSA) is 112 Å². The third-order valence-electron chi connectivity index (χ3n) is 5.84. The van der Waals surface area contributed by atoms with E-state index in [1.807, 2.05) is 0 Å². The predicted molar refractivity (Wildman–Crippen MR) is 122 cm³/mol. The van der Waals surface area contributed by atoms with E-state index in [0.29, 0.717) is 45.6 Å². The Morgan fingerprint density at radius 3 is 2.61 bits per heavy atom. The fourth-order valence-corrected chi connectivity index (χ4v) is 5.59. The molecule has 0 saturated carbocycles. The van der Waals surface area contributed by atoms with E-state index in [-0.39, 0.29) is 23.8 Å². The van der Waals surface area contributed by atoms with Gasteiger partial charge in [0.1, 0.15) is 0 Å². The van der Waals surface area contributed by atoms with Crippen molar-refractivity contribution in [3.05, 3.63) is 58.1 Å². The summed E-state index contributed by atoms with van der Waals surface area (Å²) in [4.78, 5) is 14.7. The molecule has 2 heterocycles. The molecule has 0 aliphatic carbocycles. The second-order valence-electron chi connectivity index (χ2n) is 7.65. The van der Waals surface area contributed by atoms with E-state index in [1.165, 1.54) is 36.9 Å². The van der Waals surface area contributed by atoms with Crippen molar-refractivity contribution in [3.8, 4) is 29.1 Å². The summed E-state index contributed by atoms with van der Waals surface area (Å²) in [5.74, 6) is 0.590. The van der Waals surface area contributed by atoms with Gasteiger partial charge in [0.25, 0.3) is 0 Å². The number of aromatic hydroxyl groups is 1. The SMILES string of the molecule is CCOc1cc([C@@H]2CC(=O)N3C(=C2C#N)SC[C@]3(O)c2ccc(OC)c(OC)c2)ccc1O. The van der Waals surface area contributed by atoms with Crippen molar-refractivity contribution in [2.45, 2.75) is 25.0 Å². The Balaban J connectivity index is 1.77. The summed E-state index contributed by atoms with van der Waals surface area (Å²) in [6.07, 6.45) is -0.00110. The van der Waals surface area contributed by atoms with Crippen molar-refractivity contribution in [1.82, 2.24) is 4.90 Å². The van der Waals surface area contributed by atoms with E-state index in [4.69, 9.17) is 14.2 Å². The van der Waals surface area contributed by atoms with E-state index in [9.17, 15) is 20.3 Å². The molecule has 2 atom stereocenters. The zero-order valence-corrected chi connectivity index (χ0v) is 19.3. The molecule has 2 aromatic carbocycles. The van der Waals surface area contributed by atoms with E-state index >= 15 is 0 Å². The largest absolute Gasteiger partial charge is 0.504 e. The van der Waals surface area contributed by atoms with Crippen LogP contribution in [-0.4, -0.2) is 47.6 Å². The average Bonchev–Trinajstić information content (AvgIpc) is 3.19. The molecule has 8 nitrogen and oxygen atoms in total. The quantitative estimate of drug-likeness (QED) is 0.663. The molecule has 1 saturated heterocycles. The minimum absolute atomic E-state index is 0.00110. The van der Waals surface area contributed by atoms with Gasteiger partial charge in [-0.15, -0.1) is 11.8 Å². The first-order valence-corrected chi connectivity index (χ1v) is 11.4. The van der Waals surface area contributed by atoms with Gasteiger partial charge in [-0.05, 0) is 36.8 Å². The average molecular weight is 469 g/mol. The molecule has 2 aromatic rings. The molecule has 2 N–H and O–H groups in total. The molecular weight excluding hydrogens is 444 g/mol. The second kappa shape index (κ2) is 8.89. The van der Waals surface area contributed by atoms with Crippen LogP contribution >= 0.6 is 11.8 Å². The highest BCUT2D eigenvalue weighted by atomic mass is 32.2. The third-order valence-corrected chi connectivity index (χ3v) is 7.07. The number of nitriles is 1. The normalized spacial score (nSPS) is 22.1. The van der Waals surface area contributed by atoms with Crippen molar-refractivity contribution in [1.29, 1.82) is 5.26 Å². The summed E-state index contributed by atoms with van der Waals surface area (Å²) in [5, 5.41) is 32.1. The van der Waals surface area contributed by atoms with Crippen molar-refractivity contribution < 1.29 is 29.2 Å². The number of nitrogens with zero attached hydrogens (tertiary/aromatic N) is 2. The number of aliphatic hydroxyl groups is 1. The number of methoxy groups -OCH3 is 2. The van der Waals surface area contributed by atoms with Gasteiger partial charge in [0.05, 0.1) is 43.3 Å². The number of phenols is 1. The highest BCUT2D eigenvalue weighted by molar-refractivity contribution is 8.03. The maximum absolute atomic E-state index is 13.3. The molecule has 2 aliphatic rings. The summed E-state index contributed by atoms with van der Waals surface area (Å²) in [6, 6.07) is 12.1. The van der Waals surface area contributed by atoms with Crippen LogP contribution in [0.25, 0.3) is 0 Å². The third kappa shape index (κ3) is 3.75. The number of thioether (sulfide) groups is 1. The van der Waals surface area contributed by atoms with Gasteiger partial charge in [-0.25, -0.2) is 0 Å². The van der Waals surface area contributed by atoms with Gasteiger partial charge in [0, 0.05) is 17.9 Å². The summed E-state index contributed by atoms with van der Waals surface area (Å²) in [5.41, 5.74) is -0.0793. The summed E-state index contributed by atoms with van der Waals surface area (Å²) in [6.45, 7) is 2.18. The standard InChI is InChI=1S/C24H24N2O6S/c1-4-32-20-9-14(5-7-18(20)27)16-11-22(28)26-23(17(16)12-25)33-13-24(26,29)15-6-8-19(30-2)21(10-15)31-3/h5-10,16,27,29H,4,11,13H2,1-3H3/t16-,24-/m0/s1. The minimum Gasteiger partial charge on any atom is -0.504 e. The van der Waals surface area contributed by atoms with Crippen molar-refractivity contribution in [2.75, 3.05) is 26.6 Å². The first-order chi connectivity index (χ1) is 15.9. The lowest BCUT2D eigenvalue weighted by Crippen LogP contribution is -2.48. The van der Waals surface area contributed by atoms with Crippen LogP contribution in [0.1, 0.15) is 30.4 Å². The van der Waals surface area contributed by atoms with E-state index < -0.39 is 11.6 Å². The molecule has 172 valence electrons. The van der Waals surface area contributed by atoms with Gasteiger partial charge in [0.2, 0.25) is 5.91 Å². The monoisotopic (exact) mass is 468 g/mol. The maximum atomic E-state index is 13.3. The number of hydrogen-bond acceptors (Lipinski definition) is 8. The van der Waals surface area contributed by atoms with Gasteiger partial charge in [-0.2, -0.15) is 5.26 Å². The molecule has 0 bridgehead atoms. The Kier molecular flexibility index (Phi) is 6.15. The van der Waals surface area contributed by atoms with Crippen molar-refractivity contribution in [2.24, 2.45) is 0 Å². The molecule has 9 heteroatoms. The molecule has 0 aromatic heterocycles. The van der Waals surface area contributed by atoms with Crippen LogP contribution in [0.3, 0.4) is 0 Å². The summed E-state index contributed by atoms with van der Waals surface area (Å²) in [7, 11) is 3.02. The Hall–Kier alpha value is -3.35. The molecule has 0 unspecified atom stereocenters. The van der Waals surface area contributed by atoms with Gasteiger partial charge in [-0.1, -0.05) is 12.1 Å². The first kappa shape index (κ1) is 22.8. The second-order valence-corrected chi connectivity index (χ2v) is 8.62. The van der Waals surface area contributed by atoms with Crippen LogP contribution in [-0.2, 0) is 10.5 Å². The lowest BCUT2D eigenvalue weighted by Gasteiger charge is -2.38. The Morgan fingerprint density at radius 2 is 1.94 bits per heavy atom. The van der Waals surface area contributed by atoms with Crippen LogP contribution in [0.4, 0.5) is 0 Å².